The molecule has 0 heterocycles. The number of fused-ring (bicyclic) bond motifs is 1. The molecule has 1 unspecified atom stereocenters. The van der Waals surface area contributed by atoms with Crippen LogP contribution in [0.3, 0.4) is 0 Å². The summed E-state index contributed by atoms with van der Waals surface area (Å²) in [4.78, 5) is 0. The molecule has 2 N–H and O–H groups in total. The van der Waals surface area contributed by atoms with E-state index in [4.69, 9.17) is 5.11 Å². The van der Waals surface area contributed by atoms with Crippen molar-refractivity contribution in [3.05, 3.63) is 35.1 Å². The van der Waals surface area contributed by atoms with E-state index in [1.54, 1.807) is 6.07 Å². The molecule has 0 fully saturated rings. The van der Waals surface area contributed by atoms with Gasteiger partial charge in [-0.25, -0.2) is 4.39 Å². The molecule has 3 heteroatoms. The van der Waals surface area contributed by atoms with Gasteiger partial charge < -0.3 is 10.2 Å². The summed E-state index contributed by atoms with van der Waals surface area (Å²) in [6, 6.07) is 4.33. The number of halogens is 1. The van der Waals surface area contributed by atoms with E-state index in [0.29, 0.717) is 12.0 Å². The van der Waals surface area contributed by atoms with Gasteiger partial charge in [0.2, 0.25) is 0 Å². The van der Waals surface area contributed by atoms with Crippen LogP contribution in [0.4, 0.5) is 4.39 Å². The Bertz CT molecular complexity index is 351. The van der Waals surface area contributed by atoms with Crippen molar-refractivity contribution in [1.82, 2.24) is 0 Å². The fourth-order valence-electron chi connectivity index (χ4n) is 2.09. The predicted octanol–water partition coefficient (Wildman–Crippen LogP) is 1.34. The van der Waals surface area contributed by atoms with Crippen LogP contribution in [0, 0.1) is 5.82 Å². The van der Waals surface area contributed by atoms with Gasteiger partial charge in [-0.05, 0) is 42.5 Å². The monoisotopic (exact) mass is 196 g/mol. The molecule has 1 aromatic carbocycles. The molecule has 0 radical (unpaired) electrons. The van der Waals surface area contributed by atoms with Crippen LogP contribution < -0.4 is 0 Å². The van der Waals surface area contributed by atoms with E-state index in [1.165, 1.54) is 12.1 Å². The molecule has 0 spiro atoms. The second-order valence-electron chi connectivity index (χ2n) is 3.84. The van der Waals surface area contributed by atoms with Crippen LogP contribution in [0.2, 0.25) is 0 Å². The summed E-state index contributed by atoms with van der Waals surface area (Å²) in [5.41, 5.74) is 0.321. The average Bonchev–Trinajstić information content (AvgIpc) is 2.18. The summed E-state index contributed by atoms with van der Waals surface area (Å²) < 4.78 is 12.9. The van der Waals surface area contributed by atoms with Gasteiger partial charge in [0.25, 0.3) is 0 Å². The minimum absolute atomic E-state index is 0.286. The molecule has 1 aliphatic carbocycles. The van der Waals surface area contributed by atoms with Crippen LogP contribution >= 0.6 is 0 Å². The first kappa shape index (κ1) is 9.62. The Labute approximate surface area is 82.0 Å². The number of aliphatic hydroxyl groups is 2. The van der Waals surface area contributed by atoms with Crippen molar-refractivity contribution in [2.24, 2.45) is 0 Å². The topological polar surface area (TPSA) is 40.5 Å². The molecule has 1 aliphatic rings. The maximum Gasteiger partial charge on any atom is 0.123 e. The van der Waals surface area contributed by atoms with E-state index in [1.807, 2.05) is 0 Å². The third-order valence-electron chi connectivity index (χ3n) is 2.87. The molecule has 0 aliphatic heterocycles. The highest BCUT2D eigenvalue weighted by Crippen LogP contribution is 2.35. The zero-order chi connectivity index (χ0) is 10.2. The van der Waals surface area contributed by atoms with Crippen molar-refractivity contribution in [2.75, 3.05) is 6.61 Å². The molecule has 14 heavy (non-hydrogen) atoms. The van der Waals surface area contributed by atoms with E-state index < -0.39 is 5.60 Å². The maximum absolute atomic E-state index is 12.9. The van der Waals surface area contributed by atoms with Crippen LogP contribution in [0.25, 0.3) is 0 Å². The zero-order valence-electron chi connectivity index (χ0n) is 7.83. The van der Waals surface area contributed by atoms with E-state index in [-0.39, 0.29) is 12.4 Å². The fraction of sp³-hybridized carbons (Fsp3) is 0.455. The first-order valence-electron chi connectivity index (χ1n) is 4.78. The number of hydrogen-bond donors (Lipinski definition) is 2. The molecule has 2 nitrogen and oxygen atoms in total. The summed E-state index contributed by atoms with van der Waals surface area (Å²) in [5, 5.41) is 19.2. The Morgan fingerprint density at radius 1 is 1.43 bits per heavy atom. The van der Waals surface area contributed by atoms with Crippen LogP contribution in [0.5, 0.6) is 0 Å². The summed E-state index contributed by atoms with van der Waals surface area (Å²) >= 11 is 0. The van der Waals surface area contributed by atoms with E-state index >= 15 is 0 Å². The standard InChI is InChI=1S/C11H13FO2/c12-9-3-4-10-8(6-9)2-1-5-11(10,14)7-13/h3-4,6,13-14H,1-2,5,7H2. The zero-order valence-corrected chi connectivity index (χ0v) is 7.83. The number of benzene rings is 1. The van der Waals surface area contributed by atoms with Crippen molar-refractivity contribution in [3.8, 4) is 0 Å². The molecule has 2 rings (SSSR count). The van der Waals surface area contributed by atoms with Gasteiger partial charge in [0, 0.05) is 0 Å². The lowest BCUT2D eigenvalue weighted by Crippen LogP contribution is -2.34. The van der Waals surface area contributed by atoms with Gasteiger partial charge in [-0.15, -0.1) is 0 Å². The minimum Gasteiger partial charge on any atom is -0.393 e. The van der Waals surface area contributed by atoms with Crippen molar-refractivity contribution < 1.29 is 14.6 Å². The van der Waals surface area contributed by atoms with Crippen molar-refractivity contribution >= 4 is 0 Å². The minimum atomic E-state index is -1.17. The van der Waals surface area contributed by atoms with Crippen molar-refractivity contribution in [1.29, 1.82) is 0 Å². The van der Waals surface area contributed by atoms with Crippen molar-refractivity contribution in [2.45, 2.75) is 24.9 Å². The third kappa shape index (κ3) is 1.42. The second-order valence-corrected chi connectivity index (χ2v) is 3.84. The molecule has 0 bridgehead atoms. The lowest BCUT2D eigenvalue weighted by Gasteiger charge is -2.32. The number of aryl methyl sites for hydroxylation is 1. The highest BCUT2D eigenvalue weighted by atomic mass is 19.1. The third-order valence-corrected chi connectivity index (χ3v) is 2.87. The first-order chi connectivity index (χ1) is 6.65. The molecule has 0 saturated heterocycles. The number of aliphatic hydroxyl groups excluding tert-OH is 1. The van der Waals surface area contributed by atoms with E-state index in [9.17, 15) is 9.50 Å². The fourth-order valence-corrected chi connectivity index (χ4v) is 2.09. The highest BCUT2D eigenvalue weighted by Gasteiger charge is 2.33. The predicted molar refractivity (Wildman–Crippen MR) is 50.3 cm³/mol. The first-order valence-corrected chi connectivity index (χ1v) is 4.78. The highest BCUT2D eigenvalue weighted by molar-refractivity contribution is 5.35. The second kappa shape index (κ2) is 3.33. The normalized spacial score (nSPS) is 25.9. The molecule has 1 aromatic rings. The van der Waals surface area contributed by atoms with E-state index in [0.717, 1.165) is 18.4 Å². The Hall–Kier alpha value is -0.930. The Balaban J connectivity index is 2.50. The van der Waals surface area contributed by atoms with Crippen LogP contribution in [0.1, 0.15) is 24.0 Å². The number of rotatable bonds is 1. The SMILES string of the molecule is OCC1(O)CCCc2cc(F)ccc21. The molecule has 0 amide bonds. The quantitative estimate of drug-likeness (QED) is 0.711. The number of hydrogen-bond acceptors (Lipinski definition) is 2. The maximum atomic E-state index is 12.9. The van der Waals surface area contributed by atoms with Gasteiger partial charge in [0.15, 0.2) is 0 Å². The molecule has 0 saturated carbocycles. The molecular weight excluding hydrogens is 183 g/mol. The summed E-state index contributed by atoms with van der Waals surface area (Å²) in [6.07, 6.45) is 2.10. The average molecular weight is 196 g/mol. The van der Waals surface area contributed by atoms with Gasteiger partial charge in [0.1, 0.15) is 11.4 Å². The van der Waals surface area contributed by atoms with E-state index in [2.05, 4.69) is 0 Å². The van der Waals surface area contributed by atoms with Crippen LogP contribution in [0.15, 0.2) is 18.2 Å². The molecule has 0 aromatic heterocycles. The Morgan fingerprint density at radius 2 is 2.21 bits per heavy atom. The molecule has 1 atom stereocenters. The Kier molecular flexibility index (Phi) is 2.29. The van der Waals surface area contributed by atoms with Crippen molar-refractivity contribution in [3.63, 3.8) is 0 Å². The summed E-state index contributed by atoms with van der Waals surface area (Å²) in [6.45, 7) is -0.300. The lowest BCUT2D eigenvalue weighted by atomic mass is 9.79. The largest absolute Gasteiger partial charge is 0.393 e. The van der Waals surface area contributed by atoms with Crippen LogP contribution in [-0.4, -0.2) is 16.8 Å². The van der Waals surface area contributed by atoms with Gasteiger partial charge in [-0.1, -0.05) is 6.07 Å². The Morgan fingerprint density at radius 3 is 2.93 bits per heavy atom. The van der Waals surface area contributed by atoms with Gasteiger partial charge in [-0.2, -0.15) is 0 Å². The molecular formula is C11H13FO2. The van der Waals surface area contributed by atoms with Crippen LogP contribution in [-0.2, 0) is 12.0 Å². The molecule has 76 valence electrons. The lowest BCUT2D eigenvalue weighted by molar-refractivity contribution is -0.0327. The van der Waals surface area contributed by atoms with Gasteiger partial charge >= 0.3 is 0 Å². The van der Waals surface area contributed by atoms with Gasteiger partial charge in [0.05, 0.1) is 6.61 Å². The summed E-state index contributed by atoms with van der Waals surface area (Å²) in [7, 11) is 0. The summed E-state index contributed by atoms with van der Waals surface area (Å²) in [5.74, 6) is -0.286. The van der Waals surface area contributed by atoms with Gasteiger partial charge in [-0.3, -0.25) is 0 Å². The smallest absolute Gasteiger partial charge is 0.123 e.